The first-order valence-electron chi connectivity index (χ1n) is 6.71. The third-order valence-electron chi connectivity index (χ3n) is 2.86. The fourth-order valence-corrected chi connectivity index (χ4v) is 2.16. The van der Waals surface area contributed by atoms with Gasteiger partial charge in [0.05, 0.1) is 30.6 Å². The Morgan fingerprint density at radius 1 is 1.42 bits per heavy atom. The van der Waals surface area contributed by atoms with Crippen LogP contribution in [0.4, 0.5) is 0 Å². The van der Waals surface area contributed by atoms with Crippen LogP contribution in [-0.2, 0) is 16.1 Å². The normalized spacial score (nSPS) is 10.6. The Morgan fingerprint density at radius 3 is 2.88 bits per heavy atom. The largest absolute Gasteiger partial charge is 0.503 e. The summed E-state index contributed by atoms with van der Waals surface area (Å²) >= 11 is 3.17. The van der Waals surface area contributed by atoms with Crippen LogP contribution >= 0.6 is 15.9 Å². The maximum atomic E-state index is 11.6. The van der Waals surface area contributed by atoms with E-state index in [1.165, 1.54) is 25.7 Å². The molecule has 0 fully saturated rings. The van der Waals surface area contributed by atoms with Gasteiger partial charge in [0.1, 0.15) is 5.76 Å². The number of halogens is 1. The van der Waals surface area contributed by atoms with Gasteiger partial charge in [-0.1, -0.05) is 0 Å². The molecule has 8 nitrogen and oxygen atoms in total. The van der Waals surface area contributed by atoms with Gasteiger partial charge in [0.15, 0.2) is 11.5 Å². The van der Waals surface area contributed by atoms with Gasteiger partial charge in [-0.3, -0.25) is 9.59 Å². The highest BCUT2D eigenvalue weighted by molar-refractivity contribution is 9.10. The third-order valence-corrected chi connectivity index (χ3v) is 3.46. The van der Waals surface area contributed by atoms with Gasteiger partial charge in [0.25, 0.3) is 0 Å². The van der Waals surface area contributed by atoms with Gasteiger partial charge in [-0.2, -0.15) is 5.10 Å². The zero-order valence-corrected chi connectivity index (χ0v) is 14.2. The zero-order chi connectivity index (χ0) is 17.5. The summed E-state index contributed by atoms with van der Waals surface area (Å²) in [5, 5.41) is 15.8. The van der Waals surface area contributed by atoms with Crippen LogP contribution in [0.25, 0.3) is 0 Å². The summed E-state index contributed by atoms with van der Waals surface area (Å²) < 4.78 is 10.4. The van der Waals surface area contributed by atoms with E-state index in [-0.39, 0.29) is 18.0 Å². The van der Waals surface area contributed by atoms with Crippen LogP contribution in [0, 0.1) is 0 Å². The Balaban J connectivity index is 1.89. The first-order valence-corrected chi connectivity index (χ1v) is 7.50. The van der Waals surface area contributed by atoms with Crippen molar-refractivity contribution in [2.45, 2.75) is 6.54 Å². The molecule has 2 aromatic rings. The van der Waals surface area contributed by atoms with Gasteiger partial charge >= 0.3 is 11.8 Å². The smallest absolute Gasteiger partial charge is 0.329 e. The lowest BCUT2D eigenvalue weighted by atomic mass is 10.2. The van der Waals surface area contributed by atoms with Crippen LogP contribution in [0.5, 0.6) is 11.5 Å². The number of phenols is 1. The van der Waals surface area contributed by atoms with Gasteiger partial charge in [-0.05, 0) is 45.8 Å². The molecule has 2 amide bonds. The summed E-state index contributed by atoms with van der Waals surface area (Å²) in [6, 6.07) is 6.44. The van der Waals surface area contributed by atoms with Crippen LogP contribution < -0.4 is 15.5 Å². The molecule has 9 heteroatoms. The predicted molar refractivity (Wildman–Crippen MR) is 88.7 cm³/mol. The summed E-state index contributed by atoms with van der Waals surface area (Å²) in [4.78, 5) is 23.2. The number of rotatable bonds is 5. The summed E-state index contributed by atoms with van der Waals surface area (Å²) in [5.41, 5.74) is 2.65. The van der Waals surface area contributed by atoms with Crippen LogP contribution in [0.3, 0.4) is 0 Å². The van der Waals surface area contributed by atoms with Gasteiger partial charge < -0.3 is 19.6 Å². The van der Waals surface area contributed by atoms with Crippen molar-refractivity contribution in [2.24, 2.45) is 5.10 Å². The van der Waals surface area contributed by atoms with Gasteiger partial charge in [0, 0.05) is 0 Å². The number of phenolic OH excluding ortho intramolecular Hbond substituents is 1. The van der Waals surface area contributed by atoms with Gasteiger partial charge in [-0.15, -0.1) is 0 Å². The number of methoxy groups -OCH3 is 1. The average Bonchev–Trinajstić information content (AvgIpc) is 3.09. The average molecular weight is 396 g/mol. The molecule has 3 N–H and O–H groups in total. The Hall–Kier alpha value is -2.81. The van der Waals surface area contributed by atoms with E-state index in [0.717, 1.165) is 0 Å². The van der Waals surface area contributed by atoms with Crippen LogP contribution in [0.1, 0.15) is 11.3 Å². The molecule has 0 spiro atoms. The van der Waals surface area contributed by atoms with E-state index in [9.17, 15) is 14.7 Å². The highest BCUT2D eigenvalue weighted by atomic mass is 79.9. The second-order valence-electron chi connectivity index (χ2n) is 4.51. The van der Waals surface area contributed by atoms with Crippen molar-refractivity contribution in [3.8, 4) is 11.5 Å². The quantitative estimate of drug-likeness (QED) is 0.403. The molecule has 0 aliphatic rings. The van der Waals surface area contributed by atoms with Gasteiger partial charge in [0.2, 0.25) is 0 Å². The number of hydrazone groups is 1. The molecule has 0 aliphatic carbocycles. The van der Waals surface area contributed by atoms with Crippen molar-refractivity contribution in [3.05, 3.63) is 46.3 Å². The Labute approximate surface area is 145 Å². The van der Waals surface area contributed by atoms with Gasteiger partial charge in [-0.25, -0.2) is 5.43 Å². The maximum absolute atomic E-state index is 11.6. The summed E-state index contributed by atoms with van der Waals surface area (Å²) in [7, 11) is 1.41. The summed E-state index contributed by atoms with van der Waals surface area (Å²) in [6.07, 6.45) is 2.78. The third kappa shape index (κ3) is 4.59. The minimum Gasteiger partial charge on any atom is -0.503 e. The lowest BCUT2D eigenvalue weighted by molar-refractivity contribution is -0.139. The van der Waals surface area contributed by atoms with Crippen molar-refractivity contribution in [1.29, 1.82) is 0 Å². The van der Waals surface area contributed by atoms with E-state index in [2.05, 4.69) is 31.8 Å². The molecule has 1 heterocycles. The first-order chi connectivity index (χ1) is 11.5. The first kappa shape index (κ1) is 17.5. The minimum atomic E-state index is -0.914. The molecule has 0 aliphatic heterocycles. The van der Waals surface area contributed by atoms with E-state index < -0.39 is 11.8 Å². The monoisotopic (exact) mass is 395 g/mol. The SMILES string of the molecule is COc1cc(/C=N\NC(=O)C(=O)NCc2ccco2)cc(Br)c1O. The number of amides is 2. The van der Waals surface area contributed by atoms with Crippen molar-refractivity contribution in [3.63, 3.8) is 0 Å². The van der Waals surface area contributed by atoms with Crippen molar-refractivity contribution >= 4 is 34.0 Å². The number of carbonyl (C=O) groups is 2. The number of carbonyl (C=O) groups excluding carboxylic acids is 2. The van der Waals surface area contributed by atoms with E-state index in [0.29, 0.717) is 15.8 Å². The second kappa shape index (κ2) is 8.16. The molecule has 0 unspecified atom stereocenters. The van der Waals surface area contributed by atoms with E-state index >= 15 is 0 Å². The lowest BCUT2D eigenvalue weighted by Crippen LogP contribution is -2.37. The molecular weight excluding hydrogens is 382 g/mol. The number of hydrogen-bond acceptors (Lipinski definition) is 6. The van der Waals surface area contributed by atoms with Crippen LogP contribution in [-0.4, -0.2) is 30.2 Å². The second-order valence-corrected chi connectivity index (χ2v) is 5.37. The molecule has 0 atom stereocenters. The lowest BCUT2D eigenvalue weighted by Gasteiger charge is -2.06. The standard InChI is InChI=1S/C15H14BrN3O5/c1-23-12-6-9(5-11(16)13(12)20)7-18-19-15(22)14(21)17-8-10-3-2-4-24-10/h2-7,20H,8H2,1H3,(H,17,21)(H,19,22)/b18-7-. The number of benzene rings is 1. The van der Waals surface area contributed by atoms with Crippen molar-refractivity contribution in [1.82, 2.24) is 10.7 Å². The number of ether oxygens (including phenoxy) is 1. The van der Waals surface area contributed by atoms with E-state index in [1.807, 2.05) is 0 Å². The highest BCUT2D eigenvalue weighted by Crippen LogP contribution is 2.34. The number of aromatic hydroxyl groups is 1. The molecule has 126 valence electrons. The molecule has 0 bridgehead atoms. The van der Waals surface area contributed by atoms with Crippen LogP contribution in [0.15, 0.2) is 44.5 Å². The molecule has 24 heavy (non-hydrogen) atoms. The molecule has 0 radical (unpaired) electrons. The fourth-order valence-electron chi connectivity index (χ4n) is 1.70. The summed E-state index contributed by atoms with van der Waals surface area (Å²) in [5.74, 6) is -1.03. The fraction of sp³-hybridized carbons (Fsp3) is 0.133. The highest BCUT2D eigenvalue weighted by Gasteiger charge is 2.12. The van der Waals surface area contributed by atoms with Crippen LogP contribution in [0.2, 0.25) is 0 Å². The Kier molecular flexibility index (Phi) is 5.96. The van der Waals surface area contributed by atoms with E-state index in [1.54, 1.807) is 18.2 Å². The maximum Gasteiger partial charge on any atom is 0.329 e. The molecule has 0 saturated carbocycles. The number of furan rings is 1. The molecule has 2 rings (SSSR count). The van der Waals surface area contributed by atoms with Crippen molar-refractivity contribution in [2.75, 3.05) is 7.11 Å². The molecule has 1 aromatic heterocycles. The topological polar surface area (TPSA) is 113 Å². The molecule has 0 saturated heterocycles. The van der Waals surface area contributed by atoms with Crippen molar-refractivity contribution < 1.29 is 23.8 Å². The Morgan fingerprint density at radius 2 is 2.21 bits per heavy atom. The molecular formula is C15H14BrN3O5. The van der Waals surface area contributed by atoms with E-state index in [4.69, 9.17) is 9.15 Å². The number of nitrogens with one attached hydrogen (secondary N) is 2. The Bertz CT molecular complexity index is 759. The number of hydrogen-bond donors (Lipinski definition) is 3. The molecule has 1 aromatic carbocycles. The zero-order valence-electron chi connectivity index (χ0n) is 12.6. The predicted octanol–water partition coefficient (Wildman–Crippen LogP) is 1.52. The summed E-state index contributed by atoms with van der Waals surface area (Å²) in [6.45, 7) is 0.102. The minimum absolute atomic E-state index is 0.0454. The number of nitrogens with zero attached hydrogens (tertiary/aromatic N) is 1.